The Labute approximate surface area is 105 Å². The Bertz CT molecular complexity index is 522. The number of aromatic nitrogens is 2. The first-order valence-corrected chi connectivity index (χ1v) is 5.73. The van der Waals surface area contributed by atoms with Crippen LogP contribution in [0.25, 0.3) is 0 Å². The standard InChI is InChI=1S/C13H15N3O2/c1-2-18-13(17)12(10-6-4-3-5-7-10)16-9-11(14)8-15-16/h3-9,12H,2,14H2,1H3. The fourth-order valence-corrected chi connectivity index (χ4v) is 1.75. The molecular formula is C13H15N3O2. The number of nitrogens with zero attached hydrogens (tertiary/aromatic N) is 2. The van der Waals surface area contributed by atoms with Crippen LogP contribution < -0.4 is 5.73 Å². The molecule has 1 aromatic heterocycles. The third-order valence-electron chi connectivity index (χ3n) is 2.51. The third-order valence-corrected chi connectivity index (χ3v) is 2.51. The van der Waals surface area contributed by atoms with E-state index in [1.54, 1.807) is 13.1 Å². The maximum Gasteiger partial charge on any atom is 0.335 e. The van der Waals surface area contributed by atoms with Gasteiger partial charge in [-0.1, -0.05) is 30.3 Å². The van der Waals surface area contributed by atoms with Crippen molar-refractivity contribution >= 4 is 11.7 Å². The number of carbonyl (C=O) groups excluding carboxylic acids is 1. The smallest absolute Gasteiger partial charge is 0.335 e. The van der Waals surface area contributed by atoms with Crippen LogP contribution in [-0.4, -0.2) is 22.4 Å². The lowest BCUT2D eigenvalue weighted by Gasteiger charge is -2.16. The summed E-state index contributed by atoms with van der Waals surface area (Å²) in [5.74, 6) is -0.341. The van der Waals surface area contributed by atoms with Crippen LogP contribution in [0.15, 0.2) is 42.7 Å². The van der Waals surface area contributed by atoms with Gasteiger partial charge >= 0.3 is 5.97 Å². The van der Waals surface area contributed by atoms with Crippen molar-refractivity contribution in [2.24, 2.45) is 0 Å². The van der Waals surface area contributed by atoms with E-state index in [2.05, 4.69) is 5.10 Å². The molecule has 0 aliphatic heterocycles. The van der Waals surface area contributed by atoms with E-state index < -0.39 is 6.04 Å². The number of nitrogen functional groups attached to an aromatic ring is 1. The van der Waals surface area contributed by atoms with E-state index in [1.807, 2.05) is 30.3 Å². The quantitative estimate of drug-likeness (QED) is 0.831. The minimum absolute atomic E-state index is 0.332. The summed E-state index contributed by atoms with van der Waals surface area (Å²) in [6.07, 6.45) is 3.13. The largest absolute Gasteiger partial charge is 0.464 e. The second-order valence-electron chi connectivity index (χ2n) is 3.82. The molecule has 0 aliphatic rings. The van der Waals surface area contributed by atoms with Gasteiger partial charge in [-0.2, -0.15) is 5.10 Å². The monoisotopic (exact) mass is 245 g/mol. The molecule has 0 amide bonds. The van der Waals surface area contributed by atoms with E-state index in [1.165, 1.54) is 10.9 Å². The van der Waals surface area contributed by atoms with Crippen LogP contribution in [-0.2, 0) is 9.53 Å². The summed E-state index contributed by atoms with van der Waals surface area (Å²) in [5, 5.41) is 4.09. The lowest BCUT2D eigenvalue weighted by Crippen LogP contribution is -2.23. The van der Waals surface area contributed by atoms with Gasteiger partial charge in [0.15, 0.2) is 6.04 Å². The van der Waals surface area contributed by atoms with Crippen molar-refractivity contribution in [1.82, 2.24) is 9.78 Å². The summed E-state index contributed by atoms with van der Waals surface area (Å²) in [5.41, 5.74) is 6.97. The molecule has 5 nitrogen and oxygen atoms in total. The number of rotatable bonds is 4. The van der Waals surface area contributed by atoms with Gasteiger partial charge in [-0.3, -0.25) is 4.68 Å². The highest BCUT2D eigenvalue weighted by Crippen LogP contribution is 2.20. The van der Waals surface area contributed by atoms with Crippen LogP contribution in [0, 0.1) is 0 Å². The zero-order valence-corrected chi connectivity index (χ0v) is 10.1. The Morgan fingerprint density at radius 1 is 1.44 bits per heavy atom. The van der Waals surface area contributed by atoms with Crippen LogP contribution in [0.2, 0.25) is 0 Å². The first-order valence-electron chi connectivity index (χ1n) is 5.73. The van der Waals surface area contributed by atoms with Crippen LogP contribution in [0.5, 0.6) is 0 Å². The molecule has 2 rings (SSSR count). The number of hydrogen-bond acceptors (Lipinski definition) is 4. The number of nitrogens with two attached hydrogens (primary N) is 1. The summed E-state index contributed by atoms with van der Waals surface area (Å²) < 4.78 is 6.60. The SMILES string of the molecule is CCOC(=O)C(c1ccccc1)n1cc(N)cn1. The van der Waals surface area contributed by atoms with E-state index in [4.69, 9.17) is 10.5 Å². The molecule has 0 aliphatic carbocycles. The first-order chi connectivity index (χ1) is 8.72. The maximum absolute atomic E-state index is 12.0. The molecule has 0 saturated carbocycles. The molecular weight excluding hydrogens is 230 g/mol. The molecule has 0 radical (unpaired) electrons. The van der Waals surface area contributed by atoms with Crippen LogP contribution in [0.4, 0.5) is 5.69 Å². The Hall–Kier alpha value is -2.30. The topological polar surface area (TPSA) is 70.1 Å². The van der Waals surface area contributed by atoms with Crippen molar-refractivity contribution in [3.05, 3.63) is 48.3 Å². The van der Waals surface area contributed by atoms with Gasteiger partial charge in [0.1, 0.15) is 0 Å². The number of hydrogen-bond donors (Lipinski definition) is 1. The normalized spacial score (nSPS) is 12.1. The molecule has 0 bridgehead atoms. The molecule has 18 heavy (non-hydrogen) atoms. The van der Waals surface area contributed by atoms with Gasteiger partial charge in [-0.15, -0.1) is 0 Å². The number of anilines is 1. The molecule has 2 aromatic rings. The minimum Gasteiger partial charge on any atom is -0.464 e. The molecule has 1 unspecified atom stereocenters. The molecule has 2 N–H and O–H groups in total. The van der Waals surface area contributed by atoms with Crippen molar-refractivity contribution in [2.45, 2.75) is 13.0 Å². The molecule has 1 heterocycles. The Kier molecular flexibility index (Phi) is 3.62. The number of benzene rings is 1. The van der Waals surface area contributed by atoms with E-state index in [0.29, 0.717) is 12.3 Å². The van der Waals surface area contributed by atoms with Crippen molar-refractivity contribution in [1.29, 1.82) is 0 Å². The molecule has 1 atom stereocenters. The van der Waals surface area contributed by atoms with Crippen molar-refractivity contribution in [3.63, 3.8) is 0 Å². The number of carbonyl (C=O) groups is 1. The van der Waals surface area contributed by atoms with Gasteiger partial charge in [-0.25, -0.2) is 4.79 Å². The lowest BCUT2D eigenvalue weighted by molar-refractivity contribution is -0.146. The molecule has 94 valence electrons. The highest BCUT2D eigenvalue weighted by atomic mass is 16.5. The highest BCUT2D eigenvalue weighted by molar-refractivity contribution is 5.78. The molecule has 1 aromatic carbocycles. The predicted molar refractivity (Wildman–Crippen MR) is 67.9 cm³/mol. The average Bonchev–Trinajstić information content (AvgIpc) is 2.78. The van der Waals surface area contributed by atoms with Crippen molar-refractivity contribution in [3.8, 4) is 0 Å². The predicted octanol–water partition coefficient (Wildman–Crippen LogP) is 1.62. The third kappa shape index (κ3) is 2.51. The van der Waals surface area contributed by atoms with E-state index >= 15 is 0 Å². The van der Waals surface area contributed by atoms with Crippen LogP contribution in [0.3, 0.4) is 0 Å². The summed E-state index contributed by atoms with van der Waals surface area (Å²) in [4.78, 5) is 12.0. The summed E-state index contributed by atoms with van der Waals surface area (Å²) in [7, 11) is 0. The van der Waals surface area contributed by atoms with Crippen molar-refractivity contribution in [2.75, 3.05) is 12.3 Å². The Morgan fingerprint density at radius 2 is 2.17 bits per heavy atom. The second kappa shape index (κ2) is 5.35. The lowest BCUT2D eigenvalue weighted by atomic mass is 10.1. The fourth-order valence-electron chi connectivity index (χ4n) is 1.75. The molecule has 0 spiro atoms. The molecule has 0 saturated heterocycles. The van der Waals surface area contributed by atoms with Gasteiger partial charge in [0.2, 0.25) is 0 Å². The van der Waals surface area contributed by atoms with Crippen LogP contribution >= 0.6 is 0 Å². The van der Waals surface area contributed by atoms with Gasteiger partial charge in [0, 0.05) is 6.20 Å². The summed E-state index contributed by atoms with van der Waals surface area (Å²) in [6.45, 7) is 2.11. The number of ether oxygens (including phenoxy) is 1. The van der Waals surface area contributed by atoms with Gasteiger partial charge in [0.05, 0.1) is 18.5 Å². The zero-order valence-electron chi connectivity index (χ0n) is 10.1. The van der Waals surface area contributed by atoms with E-state index in [-0.39, 0.29) is 5.97 Å². The summed E-state index contributed by atoms with van der Waals surface area (Å²) in [6, 6.07) is 8.76. The summed E-state index contributed by atoms with van der Waals surface area (Å²) >= 11 is 0. The van der Waals surface area contributed by atoms with Crippen LogP contribution in [0.1, 0.15) is 18.5 Å². The minimum atomic E-state index is -0.594. The van der Waals surface area contributed by atoms with E-state index in [9.17, 15) is 4.79 Å². The van der Waals surface area contributed by atoms with Crippen molar-refractivity contribution < 1.29 is 9.53 Å². The average molecular weight is 245 g/mol. The van der Waals surface area contributed by atoms with Gasteiger partial charge < -0.3 is 10.5 Å². The Morgan fingerprint density at radius 3 is 2.72 bits per heavy atom. The number of esters is 1. The molecule has 0 fully saturated rings. The van der Waals surface area contributed by atoms with Gasteiger partial charge in [-0.05, 0) is 12.5 Å². The van der Waals surface area contributed by atoms with E-state index in [0.717, 1.165) is 5.56 Å². The maximum atomic E-state index is 12.0. The fraction of sp³-hybridized carbons (Fsp3) is 0.231. The zero-order chi connectivity index (χ0) is 13.0. The molecule has 5 heteroatoms. The van der Waals surface area contributed by atoms with Gasteiger partial charge in [0.25, 0.3) is 0 Å². The highest BCUT2D eigenvalue weighted by Gasteiger charge is 2.24. The Balaban J connectivity index is 2.38. The first kappa shape index (κ1) is 12.2. The second-order valence-corrected chi connectivity index (χ2v) is 3.82.